The van der Waals surface area contributed by atoms with E-state index in [9.17, 15) is 43.5 Å². The Bertz CT molecular complexity index is 1410. The Kier molecular flexibility index (Phi) is 50.3. The maximum atomic E-state index is 12.2. The topological polar surface area (TPSA) is 270 Å². The van der Waals surface area contributed by atoms with Gasteiger partial charge in [0.2, 0.25) is 11.8 Å². The summed E-state index contributed by atoms with van der Waals surface area (Å²) in [7, 11) is 0. The average Bonchev–Trinajstić information content (AvgIpc) is 3.30. The second-order valence-corrected chi connectivity index (χ2v) is 19.5. The number of nitrogens with one attached hydrogen (secondary N) is 2. The molecule has 0 saturated carbocycles. The zero-order chi connectivity index (χ0) is 52.7. The second-order valence-electron chi connectivity index (χ2n) is 19.5. The van der Waals surface area contributed by atoms with Gasteiger partial charge in [-0.25, -0.2) is 0 Å². The third-order valence-corrected chi connectivity index (χ3v) is 11.9. The van der Waals surface area contributed by atoms with Crippen LogP contribution in [-0.2, 0) is 57.3 Å². The number of hydrogen-bond donors (Lipinski definition) is 4. The quantitative estimate of drug-likeness (QED) is 0.0414. The van der Waals surface area contributed by atoms with E-state index in [4.69, 9.17) is 24.1 Å². The largest absolute Gasteiger partial charge is 0.481 e. The Labute approximate surface area is 430 Å². The van der Waals surface area contributed by atoms with Gasteiger partial charge in [0, 0.05) is 72.4 Å². The molecule has 0 aliphatic heterocycles. The van der Waals surface area contributed by atoms with Crippen LogP contribution in [0.3, 0.4) is 0 Å². The fraction of sp³-hybridized carbons (Fsp3) is 0.852. The van der Waals surface area contributed by atoms with E-state index in [1.54, 1.807) is 6.92 Å². The monoisotopic (exact) mass is 1020 g/mol. The molecule has 0 rings (SSSR count). The summed E-state index contributed by atoms with van der Waals surface area (Å²) < 4.78 is 21.1. The highest BCUT2D eigenvalue weighted by Crippen LogP contribution is 2.23. The number of hydrogen-bond acceptors (Lipinski definition) is 12. The van der Waals surface area contributed by atoms with Crippen molar-refractivity contribution in [2.24, 2.45) is 17.3 Å². The molecule has 0 spiro atoms. The van der Waals surface area contributed by atoms with E-state index >= 15 is 0 Å². The minimum absolute atomic E-state index is 0. The smallest absolute Gasteiger partial charge is 0.306 e. The van der Waals surface area contributed by atoms with Crippen molar-refractivity contribution in [1.82, 2.24) is 10.6 Å². The highest BCUT2D eigenvalue weighted by atomic mass is 16.5. The minimum atomic E-state index is -0.970. The van der Waals surface area contributed by atoms with E-state index in [1.165, 1.54) is 71.1 Å². The Balaban J connectivity index is -0.000000406. The summed E-state index contributed by atoms with van der Waals surface area (Å²) in [5, 5.41) is 23.3. The van der Waals surface area contributed by atoms with Crippen LogP contribution in [0.5, 0.6) is 0 Å². The second kappa shape index (κ2) is 49.9. The number of carboxylic acids is 2. The van der Waals surface area contributed by atoms with Gasteiger partial charge in [0.05, 0.1) is 39.0 Å². The number of aliphatic carboxylic acids is 2. The van der Waals surface area contributed by atoms with E-state index in [0.29, 0.717) is 71.8 Å². The van der Waals surface area contributed by atoms with Crippen molar-refractivity contribution in [3.8, 4) is 0 Å². The van der Waals surface area contributed by atoms with Gasteiger partial charge >= 0.3 is 11.9 Å². The van der Waals surface area contributed by atoms with Crippen LogP contribution in [0.2, 0.25) is 0 Å². The van der Waals surface area contributed by atoms with Crippen LogP contribution in [-0.4, -0.2) is 129 Å². The number of ether oxygens (including phenoxy) is 4. The lowest BCUT2D eigenvalue weighted by atomic mass is 9.82. The molecular formula is C54H104N2O15. The minimum Gasteiger partial charge on any atom is -0.481 e. The van der Waals surface area contributed by atoms with E-state index in [2.05, 4.69) is 10.6 Å². The maximum Gasteiger partial charge on any atom is 0.306 e. The SMILES string of the molecule is CCC(=O)CC[C@H](CC(=O)CCCCCCCCCCCCCCCCCCC(=O)O)C(=O)O.CCCOCCOCC(=O)NCCOCCOCC(=O)NCCCC[C@H](CC(=O)C(C)(C)C)C(C)=O.O.[HH].[HH]. The van der Waals surface area contributed by atoms with Crippen LogP contribution in [0.1, 0.15) is 218 Å². The van der Waals surface area contributed by atoms with E-state index in [0.717, 1.165) is 57.8 Å². The fourth-order valence-corrected chi connectivity index (χ4v) is 7.28. The summed E-state index contributed by atoms with van der Waals surface area (Å²) in [5.41, 5.74) is -0.443. The molecule has 0 aromatic heterocycles. The molecule has 0 aromatic rings. The third kappa shape index (κ3) is 51.1. The summed E-state index contributed by atoms with van der Waals surface area (Å²) in [6.07, 6.45) is 23.8. The lowest BCUT2D eigenvalue weighted by molar-refractivity contribution is -0.144. The van der Waals surface area contributed by atoms with E-state index in [-0.39, 0.29) is 94.7 Å². The molecule has 0 heterocycles. The van der Waals surface area contributed by atoms with Crippen molar-refractivity contribution in [2.45, 2.75) is 215 Å². The first-order valence-corrected chi connectivity index (χ1v) is 26.8. The molecule has 0 radical (unpaired) electrons. The normalized spacial score (nSPS) is 11.9. The molecule has 2 amide bonds. The Morgan fingerprint density at radius 2 is 0.944 bits per heavy atom. The van der Waals surface area contributed by atoms with Gasteiger partial charge in [-0.05, 0) is 45.4 Å². The van der Waals surface area contributed by atoms with E-state index < -0.39 is 23.3 Å². The lowest BCUT2D eigenvalue weighted by Gasteiger charge is -2.20. The van der Waals surface area contributed by atoms with Crippen molar-refractivity contribution < 1.29 is 75.8 Å². The van der Waals surface area contributed by atoms with Gasteiger partial charge in [-0.1, -0.05) is 131 Å². The number of carbonyl (C=O) groups excluding carboxylic acids is 6. The van der Waals surface area contributed by atoms with Crippen LogP contribution in [0.15, 0.2) is 0 Å². The lowest BCUT2D eigenvalue weighted by Crippen LogP contribution is -2.31. The highest BCUT2D eigenvalue weighted by molar-refractivity contribution is 5.89. The molecule has 0 aromatic carbocycles. The Hall–Kier alpha value is -3.64. The van der Waals surface area contributed by atoms with Crippen LogP contribution in [0.25, 0.3) is 0 Å². The predicted molar refractivity (Wildman–Crippen MR) is 281 cm³/mol. The van der Waals surface area contributed by atoms with Crippen molar-refractivity contribution in [3.05, 3.63) is 0 Å². The zero-order valence-electron chi connectivity index (χ0n) is 45.1. The molecule has 0 saturated heterocycles. The van der Waals surface area contributed by atoms with E-state index in [1.807, 2.05) is 27.7 Å². The van der Waals surface area contributed by atoms with Crippen molar-refractivity contribution in [2.75, 3.05) is 65.9 Å². The molecule has 0 fully saturated rings. The van der Waals surface area contributed by atoms with Crippen LogP contribution in [0.4, 0.5) is 0 Å². The summed E-state index contributed by atoms with van der Waals surface area (Å²) in [5.74, 6) is -2.87. The van der Waals surface area contributed by atoms with Gasteiger partial charge in [0.25, 0.3) is 0 Å². The number of Topliss-reactive ketones (excluding diaryl/α,β-unsaturated/α-hetero) is 4. The number of unbranched alkanes of at least 4 members (excludes halogenated alkanes) is 16. The molecule has 71 heavy (non-hydrogen) atoms. The van der Waals surface area contributed by atoms with Gasteiger partial charge in [0.15, 0.2) is 0 Å². The number of ketones is 4. The van der Waals surface area contributed by atoms with Gasteiger partial charge in [0.1, 0.15) is 36.3 Å². The first kappa shape index (κ1) is 71.6. The number of carboxylic acid groups (broad SMARTS) is 2. The van der Waals surface area contributed by atoms with Gasteiger partial charge < -0.3 is 45.3 Å². The van der Waals surface area contributed by atoms with Crippen molar-refractivity contribution in [1.29, 1.82) is 0 Å². The molecule has 0 aliphatic carbocycles. The first-order chi connectivity index (χ1) is 33.4. The molecular weight excluding hydrogens is 917 g/mol. The standard InChI is InChI=1S/C28H50O6.C26H48N2O8.H2O.2H2/c1-2-25(29)22-21-24(28(33)34)23-26(30)19-17-15-13-11-9-7-5-3-4-6-8-10-12-14-16-18-20-27(31)32;1-6-12-33-14-16-35-20-25(32)28-11-13-34-15-17-36-19-24(31)27-10-8-7-9-22(21(2)29)18-23(30)26(3,4)5;;;/h24H,2-23H2,1H3,(H,31,32)(H,33,34);22H,6-20H2,1-5H3,(H,27,31)(H,28,32);1H2;2*1H/t24-;22-;;;/m11.../s1. The summed E-state index contributed by atoms with van der Waals surface area (Å²) in [6, 6.07) is 0. The van der Waals surface area contributed by atoms with Crippen LogP contribution >= 0.6 is 0 Å². The summed E-state index contributed by atoms with van der Waals surface area (Å²) in [6.45, 7) is 14.2. The average molecular weight is 1020 g/mol. The van der Waals surface area contributed by atoms with Gasteiger partial charge in [-0.15, -0.1) is 0 Å². The van der Waals surface area contributed by atoms with Crippen molar-refractivity contribution in [3.63, 3.8) is 0 Å². The van der Waals surface area contributed by atoms with Gasteiger partial charge in [-0.3, -0.25) is 38.4 Å². The number of carbonyl (C=O) groups is 8. The van der Waals surface area contributed by atoms with Crippen LogP contribution in [0, 0.1) is 17.3 Å². The molecule has 17 nitrogen and oxygen atoms in total. The summed E-state index contributed by atoms with van der Waals surface area (Å²) >= 11 is 0. The third-order valence-electron chi connectivity index (χ3n) is 11.9. The molecule has 0 bridgehead atoms. The number of amides is 2. The zero-order valence-corrected chi connectivity index (χ0v) is 45.1. The Morgan fingerprint density at radius 1 is 0.493 bits per heavy atom. The molecule has 420 valence electrons. The predicted octanol–water partition coefficient (Wildman–Crippen LogP) is 9.26. The molecule has 0 unspecified atom stereocenters. The van der Waals surface area contributed by atoms with Gasteiger partial charge in [-0.2, -0.15) is 0 Å². The van der Waals surface area contributed by atoms with Crippen molar-refractivity contribution >= 4 is 46.9 Å². The molecule has 6 N–H and O–H groups in total. The maximum absolute atomic E-state index is 12.2. The Morgan fingerprint density at radius 3 is 1.38 bits per heavy atom. The highest BCUT2D eigenvalue weighted by Gasteiger charge is 2.26. The molecule has 2 atom stereocenters. The first-order valence-electron chi connectivity index (χ1n) is 26.8. The molecule has 0 aliphatic rings. The van der Waals surface area contributed by atoms with Crippen LogP contribution < -0.4 is 10.6 Å². The number of rotatable bonds is 49. The summed E-state index contributed by atoms with van der Waals surface area (Å²) in [4.78, 5) is 92.7. The molecule has 17 heteroatoms. The fourth-order valence-electron chi connectivity index (χ4n) is 7.28.